The highest BCUT2D eigenvalue weighted by atomic mass is 35.5. The summed E-state index contributed by atoms with van der Waals surface area (Å²) in [6.07, 6.45) is 0. The van der Waals surface area contributed by atoms with Crippen molar-refractivity contribution in [3.63, 3.8) is 0 Å². The van der Waals surface area contributed by atoms with E-state index in [1.165, 1.54) is 0 Å². The van der Waals surface area contributed by atoms with Gasteiger partial charge in [0.25, 0.3) is 0 Å². The normalized spacial score (nSPS) is 10.6. The van der Waals surface area contributed by atoms with Crippen molar-refractivity contribution in [1.82, 2.24) is 0 Å². The predicted octanol–water partition coefficient (Wildman–Crippen LogP) is 4.06. The quantitative estimate of drug-likeness (QED) is 0.508. The van der Waals surface area contributed by atoms with Gasteiger partial charge >= 0.3 is 11.6 Å². The van der Waals surface area contributed by atoms with Crippen LogP contribution in [0.4, 0.5) is 0 Å². The number of benzene rings is 2. The number of ether oxygens (including phenoxy) is 2. The van der Waals surface area contributed by atoms with Crippen LogP contribution in [0.1, 0.15) is 6.92 Å². The molecule has 128 valence electrons. The third kappa shape index (κ3) is 4.00. The molecule has 1 heterocycles. The van der Waals surface area contributed by atoms with E-state index in [-0.39, 0.29) is 6.61 Å². The van der Waals surface area contributed by atoms with E-state index in [0.717, 1.165) is 10.9 Å². The van der Waals surface area contributed by atoms with Gasteiger partial charge < -0.3 is 13.9 Å². The Morgan fingerprint density at radius 2 is 1.88 bits per heavy atom. The Bertz CT molecular complexity index is 960. The first-order chi connectivity index (χ1) is 12.1. The van der Waals surface area contributed by atoms with E-state index in [2.05, 4.69) is 0 Å². The molecule has 25 heavy (non-hydrogen) atoms. The van der Waals surface area contributed by atoms with Crippen LogP contribution >= 0.6 is 11.6 Å². The van der Waals surface area contributed by atoms with Crippen molar-refractivity contribution in [3.05, 3.63) is 64.0 Å². The van der Waals surface area contributed by atoms with Gasteiger partial charge in [-0.25, -0.2) is 9.59 Å². The van der Waals surface area contributed by atoms with Crippen LogP contribution in [0.2, 0.25) is 5.02 Å². The van der Waals surface area contributed by atoms with Gasteiger partial charge in [-0.1, -0.05) is 23.7 Å². The van der Waals surface area contributed by atoms with Gasteiger partial charge in [0.15, 0.2) is 6.61 Å². The van der Waals surface area contributed by atoms with E-state index in [1.807, 2.05) is 0 Å². The maximum Gasteiger partial charge on any atom is 0.344 e. The standard InChI is InChI=1S/C19H15ClO5/c1-2-23-18(21)11-24-15-8-5-13-9-16(19(22)25-17(13)10-15)12-3-6-14(20)7-4-12/h3-10H,2,11H2,1H3. The van der Waals surface area contributed by atoms with Crippen molar-refractivity contribution in [1.29, 1.82) is 0 Å². The highest BCUT2D eigenvalue weighted by Crippen LogP contribution is 2.25. The van der Waals surface area contributed by atoms with Gasteiger partial charge in [-0.2, -0.15) is 0 Å². The average Bonchev–Trinajstić information content (AvgIpc) is 2.60. The van der Waals surface area contributed by atoms with Gasteiger partial charge in [0, 0.05) is 16.5 Å². The summed E-state index contributed by atoms with van der Waals surface area (Å²) in [6.45, 7) is 1.82. The van der Waals surface area contributed by atoms with Crippen LogP contribution < -0.4 is 10.4 Å². The van der Waals surface area contributed by atoms with Crippen molar-refractivity contribution in [2.75, 3.05) is 13.2 Å². The fourth-order valence-corrected chi connectivity index (χ4v) is 2.48. The molecule has 6 heteroatoms. The summed E-state index contributed by atoms with van der Waals surface area (Å²) in [7, 11) is 0. The lowest BCUT2D eigenvalue weighted by atomic mass is 10.1. The molecule has 0 amide bonds. The zero-order chi connectivity index (χ0) is 17.8. The fraction of sp³-hybridized carbons (Fsp3) is 0.158. The lowest BCUT2D eigenvalue weighted by molar-refractivity contribution is -0.145. The molecule has 0 N–H and O–H groups in total. The van der Waals surface area contributed by atoms with Crippen LogP contribution in [0, 0.1) is 0 Å². The first-order valence-corrected chi connectivity index (χ1v) is 8.07. The molecule has 0 spiro atoms. The summed E-state index contributed by atoms with van der Waals surface area (Å²) in [6, 6.07) is 13.7. The second-order valence-electron chi connectivity index (χ2n) is 5.25. The van der Waals surface area contributed by atoms with E-state index < -0.39 is 11.6 Å². The van der Waals surface area contributed by atoms with E-state index in [4.69, 9.17) is 25.5 Å². The molecular weight excluding hydrogens is 344 g/mol. The summed E-state index contributed by atoms with van der Waals surface area (Å²) in [4.78, 5) is 23.6. The molecule has 3 rings (SSSR count). The van der Waals surface area contributed by atoms with Crippen LogP contribution in [0.3, 0.4) is 0 Å². The molecule has 0 atom stereocenters. The van der Waals surface area contributed by atoms with Crippen LogP contribution in [0.25, 0.3) is 22.1 Å². The monoisotopic (exact) mass is 358 g/mol. The Balaban J connectivity index is 1.89. The Hall–Kier alpha value is -2.79. The largest absolute Gasteiger partial charge is 0.482 e. The van der Waals surface area contributed by atoms with Crippen LogP contribution in [0.5, 0.6) is 5.75 Å². The third-order valence-corrected chi connectivity index (χ3v) is 3.78. The molecule has 1 aromatic heterocycles. The van der Waals surface area contributed by atoms with Gasteiger partial charge in [-0.15, -0.1) is 0 Å². The molecule has 0 aliphatic carbocycles. The van der Waals surface area contributed by atoms with E-state index in [1.54, 1.807) is 55.5 Å². The minimum Gasteiger partial charge on any atom is -0.482 e. The van der Waals surface area contributed by atoms with Crippen molar-refractivity contribution >= 4 is 28.5 Å². The maximum atomic E-state index is 12.3. The molecule has 5 nitrogen and oxygen atoms in total. The lowest BCUT2D eigenvalue weighted by Gasteiger charge is -2.07. The molecular formula is C19H15ClO5. The first-order valence-electron chi connectivity index (χ1n) is 7.69. The maximum absolute atomic E-state index is 12.3. The van der Waals surface area contributed by atoms with Crippen LogP contribution in [-0.4, -0.2) is 19.2 Å². The molecule has 0 fully saturated rings. The van der Waals surface area contributed by atoms with Crippen molar-refractivity contribution in [2.24, 2.45) is 0 Å². The predicted molar refractivity (Wildman–Crippen MR) is 95.1 cm³/mol. The minimum absolute atomic E-state index is 0.202. The van der Waals surface area contributed by atoms with Crippen molar-refractivity contribution < 1.29 is 18.7 Å². The topological polar surface area (TPSA) is 65.7 Å². The number of hydrogen-bond donors (Lipinski definition) is 0. The Morgan fingerprint density at radius 3 is 2.60 bits per heavy atom. The van der Waals surface area contributed by atoms with Crippen molar-refractivity contribution in [2.45, 2.75) is 6.92 Å². The smallest absolute Gasteiger partial charge is 0.344 e. The fourth-order valence-electron chi connectivity index (χ4n) is 2.36. The lowest BCUT2D eigenvalue weighted by Crippen LogP contribution is -2.14. The molecule has 0 aliphatic heterocycles. The zero-order valence-corrected chi connectivity index (χ0v) is 14.2. The van der Waals surface area contributed by atoms with E-state index >= 15 is 0 Å². The second kappa shape index (κ2) is 7.40. The molecule has 0 saturated carbocycles. The summed E-state index contributed by atoms with van der Waals surface area (Å²) in [5, 5.41) is 1.34. The summed E-state index contributed by atoms with van der Waals surface area (Å²) >= 11 is 5.87. The number of halogens is 1. The van der Waals surface area contributed by atoms with Gasteiger partial charge in [0.1, 0.15) is 11.3 Å². The van der Waals surface area contributed by atoms with Crippen LogP contribution in [-0.2, 0) is 9.53 Å². The Labute approximate surface area is 148 Å². The Morgan fingerprint density at radius 1 is 1.12 bits per heavy atom. The second-order valence-corrected chi connectivity index (χ2v) is 5.68. The summed E-state index contributed by atoms with van der Waals surface area (Å²) in [5.41, 5.74) is 1.09. The van der Waals surface area contributed by atoms with Crippen LogP contribution in [0.15, 0.2) is 57.7 Å². The Kier molecular flexibility index (Phi) is 5.05. The molecule has 2 aromatic carbocycles. The molecule has 0 aliphatic rings. The number of carbonyl (C=O) groups excluding carboxylic acids is 1. The molecule has 0 unspecified atom stereocenters. The number of hydrogen-bond acceptors (Lipinski definition) is 5. The average molecular weight is 359 g/mol. The molecule has 0 bridgehead atoms. The van der Waals surface area contributed by atoms with Crippen molar-refractivity contribution in [3.8, 4) is 16.9 Å². The minimum atomic E-state index is -0.461. The third-order valence-electron chi connectivity index (χ3n) is 3.52. The highest BCUT2D eigenvalue weighted by molar-refractivity contribution is 6.30. The summed E-state index contributed by atoms with van der Waals surface area (Å²) < 4.78 is 15.5. The SMILES string of the molecule is CCOC(=O)COc1ccc2cc(-c3ccc(Cl)cc3)c(=O)oc2c1. The van der Waals surface area contributed by atoms with E-state index in [0.29, 0.717) is 28.5 Å². The number of rotatable bonds is 5. The van der Waals surface area contributed by atoms with Gasteiger partial charge in [0.2, 0.25) is 0 Å². The van der Waals surface area contributed by atoms with Gasteiger partial charge in [-0.3, -0.25) is 0 Å². The molecule has 0 saturated heterocycles. The van der Waals surface area contributed by atoms with Gasteiger partial charge in [-0.05, 0) is 42.8 Å². The zero-order valence-electron chi connectivity index (χ0n) is 13.5. The number of fused-ring (bicyclic) bond motifs is 1. The van der Waals surface area contributed by atoms with Gasteiger partial charge in [0.05, 0.1) is 12.2 Å². The molecule has 0 radical (unpaired) electrons. The summed E-state index contributed by atoms with van der Waals surface area (Å²) in [5.74, 6) is -0.0370. The number of carbonyl (C=O) groups is 1. The molecule has 3 aromatic rings. The number of esters is 1. The first kappa shape index (κ1) is 17.0. The van der Waals surface area contributed by atoms with E-state index in [9.17, 15) is 9.59 Å². The highest BCUT2D eigenvalue weighted by Gasteiger charge is 2.10.